The third-order valence-corrected chi connectivity index (χ3v) is 5.14. The van der Waals surface area contributed by atoms with E-state index in [9.17, 15) is 9.82 Å². The van der Waals surface area contributed by atoms with Crippen molar-refractivity contribution in [1.82, 2.24) is 4.98 Å². The summed E-state index contributed by atoms with van der Waals surface area (Å²) in [6, 6.07) is 12.6. The van der Waals surface area contributed by atoms with E-state index in [1.165, 1.54) is 11.3 Å². The number of amides is 1. The van der Waals surface area contributed by atoms with Gasteiger partial charge in [-0.15, -0.1) is 0 Å². The summed E-state index contributed by atoms with van der Waals surface area (Å²) in [5, 5.41) is 13.6. The van der Waals surface area contributed by atoms with E-state index in [0.29, 0.717) is 27.8 Å². The first-order valence-corrected chi connectivity index (χ1v) is 8.75. The highest BCUT2D eigenvalue weighted by molar-refractivity contribution is 7.19. The van der Waals surface area contributed by atoms with Gasteiger partial charge in [-0.25, -0.2) is 4.98 Å². The number of carbonyl (C=O) groups is 1. The molecule has 0 bridgehead atoms. The molecule has 0 radical (unpaired) electrons. The molecular weight excluding hydrogens is 359 g/mol. The molecule has 0 spiro atoms. The van der Waals surface area contributed by atoms with Gasteiger partial charge < -0.3 is 9.68 Å². The van der Waals surface area contributed by atoms with Crippen LogP contribution in [0.25, 0.3) is 10.4 Å². The molecule has 2 heterocycles. The predicted molar refractivity (Wildman–Crippen MR) is 99.4 cm³/mol. The summed E-state index contributed by atoms with van der Waals surface area (Å²) in [5.41, 5.74) is 3.02. The number of anilines is 1. The van der Waals surface area contributed by atoms with Gasteiger partial charge >= 0.3 is 7.12 Å². The number of fused-ring (bicyclic) bond motifs is 1. The second kappa shape index (κ2) is 6.61. The fourth-order valence-corrected chi connectivity index (χ4v) is 3.56. The molecule has 1 aliphatic rings. The highest BCUT2D eigenvalue weighted by Gasteiger charge is 2.27. The summed E-state index contributed by atoms with van der Waals surface area (Å²) in [7, 11) is -0.909. The van der Waals surface area contributed by atoms with Crippen molar-refractivity contribution in [2.75, 3.05) is 5.32 Å². The van der Waals surface area contributed by atoms with Gasteiger partial charge in [-0.3, -0.25) is 10.1 Å². The molecule has 3 aromatic rings. The normalized spacial score (nSPS) is 13.0. The molecule has 0 atom stereocenters. The van der Waals surface area contributed by atoms with Crippen molar-refractivity contribution in [2.45, 2.75) is 6.61 Å². The number of nitrogens with zero attached hydrogens (tertiary/aromatic N) is 1. The Morgan fingerprint density at radius 3 is 2.88 bits per heavy atom. The maximum Gasteiger partial charge on any atom is 0.491 e. The number of carbonyl (C=O) groups excluding carboxylic acids is 1. The fraction of sp³-hybridized carbons (Fsp3) is 0.0588. The highest BCUT2D eigenvalue weighted by atomic mass is 35.5. The number of halogens is 1. The molecule has 8 heteroatoms. The molecule has 2 N–H and O–H groups in total. The molecule has 1 aromatic heterocycles. The van der Waals surface area contributed by atoms with Crippen molar-refractivity contribution < 1.29 is 14.5 Å². The minimum Gasteiger partial charge on any atom is -0.423 e. The number of thiazole rings is 1. The van der Waals surface area contributed by atoms with Gasteiger partial charge in [0.05, 0.1) is 11.5 Å². The molecule has 1 aliphatic heterocycles. The number of nitrogens with one attached hydrogen (secondary N) is 1. The Hall–Kier alpha value is -2.19. The average Bonchev–Trinajstić information content (AvgIpc) is 3.22. The van der Waals surface area contributed by atoms with Crippen LogP contribution in [-0.4, -0.2) is 23.0 Å². The molecule has 1 amide bonds. The fourth-order valence-electron chi connectivity index (χ4n) is 2.62. The molecular formula is C17H12BClN2O3S. The van der Waals surface area contributed by atoms with E-state index in [1.54, 1.807) is 24.4 Å². The number of hydrogen-bond acceptors (Lipinski definition) is 5. The standard InChI is InChI=1S/C17H12BClN2O3S/c19-13-4-1-10(2-5-13)15-8-20-17(25-15)21-16(22)11-3-6-14-12(7-11)9-24-18(14)23/h1-8,23H,9H2,(H,20,21,22). The lowest BCUT2D eigenvalue weighted by Crippen LogP contribution is -2.28. The number of benzene rings is 2. The Bertz CT molecular complexity index is 945. The monoisotopic (exact) mass is 370 g/mol. The van der Waals surface area contributed by atoms with Gasteiger partial charge in [0.25, 0.3) is 5.91 Å². The van der Waals surface area contributed by atoms with Gasteiger partial charge in [0.2, 0.25) is 0 Å². The maximum atomic E-state index is 12.4. The lowest BCUT2D eigenvalue weighted by atomic mass is 9.79. The first-order chi connectivity index (χ1) is 12.1. The molecule has 124 valence electrons. The average molecular weight is 371 g/mol. The van der Waals surface area contributed by atoms with Gasteiger partial charge in [-0.2, -0.15) is 0 Å². The highest BCUT2D eigenvalue weighted by Crippen LogP contribution is 2.30. The van der Waals surface area contributed by atoms with Crippen LogP contribution in [0.15, 0.2) is 48.7 Å². The SMILES string of the molecule is O=C(Nc1ncc(-c2ccc(Cl)cc2)s1)c1ccc2c(c1)COB2O. The Morgan fingerprint density at radius 1 is 1.28 bits per heavy atom. The minimum atomic E-state index is -0.909. The van der Waals surface area contributed by atoms with Crippen molar-refractivity contribution in [3.8, 4) is 10.4 Å². The van der Waals surface area contributed by atoms with Crippen LogP contribution < -0.4 is 10.8 Å². The number of rotatable bonds is 3. The summed E-state index contributed by atoms with van der Waals surface area (Å²) < 4.78 is 5.14. The summed E-state index contributed by atoms with van der Waals surface area (Å²) >= 11 is 7.29. The van der Waals surface area contributed by atoms with Gasteiger partial charge in [-0.05, 0) is 40.9 Å². The molecule has 2 aromatic carbocycles. The van der Waals surface area contributed by atoms with Crippen molar-refractivity contribution >= 4 is 46.6 Å². The van der Waals surface area contributed by atoms with Crippen LogP contribution in [0, 0.1) is 0 Å². The first kappa shape index (κ1) is 16.3. The van der Waals surface area contributed by atoms with Gasteiger partial charge in [0.15, 0.2) is 5.13 Å². The number of aromatic nitrogens is 1. The maximum absolute atomic E-state index is 12.4. The van der Waals surface area contributed by atoms with E-state index in [1.807, 2.05) is 24.3 Å². The summed E-state index contributed by atoms with van der Waals surface area (Å²) in [5.74, 6) is -0.249. The van der Waals surface area contributed by atoms with E-state index in [0.717, 1.165) is 16.0 Å². The van der Waals surface area contributed by atoms with Crippen molar-refractivity contribution in [3.63, 3.8) is 0 Å². The summed E-state index contributed by atoms with van der Waals surface area (Å²) in [6.07, 6.45) is 1.72. The zero-order valence-corrected chi connectivity index (χ0v) is 14.5. The number of hydrogen-bond donors (Lipinski definition) is 2. The zero-order chi connectivity index (χ0) is 17.4. The summed E-state index contributed by atoms with van der Waals surface area (Å²) in [6.45, 7) is 0.301. The molecule has 5 nitrogen and oxygen atoms in total. The Labute approximate surface area is 153 Å². The van der Waals surface area contributed by atoms with Crippen LogP contribution >= 0.6 is 22.9 Å². The predicted octanol–water partition coefficient (Wildman–Crippen LogP) is 2.93. The molecule has 0 unspecified atom stereocenters. The topological polar surface area (TPSA) is 71.5 Å². The van der Waals surface area contributed by atoms with Crippen LogP contribution in [0.1, 0.15) is 15.9 Å². The Kier molecular flexibility index (Phi) is 4.31. The van der Waals surface area contributed by atoms with Gasteiger partial charge in [-0.1, -0.05) is 41.1 Å². The second-order valence-electron chi connectivity index (χ2n) is 5.57. The zero-order valence-electron chi connectivity index (χ0n) is 12.9. The van der Waals surface area contributed by atoms with Crippen LogP contribution in [0.3, 0.4) is 0 Å². The van der Waals surface area contributed by atoms with Crippen LogP contribution in [0.2, 0.25) is 5.02 Å². The van der Waals surface area contributed by atoms with Gasteiger partial charge in [0, 0.05) is 16.8 Å². The third-order valence-electron chi connectivity index (χ3n) is 3.92. The first-order valence-electron chi connectivity index (χ1n) is 7.56. The molecule has 0 fully saturated rings. The van der Waals surface area contributed by atoms with E-state index in [-0.39, 0.29) is 5.91 Å². The van der Waals surface area contributed by atoms with Crippen LogP contribution in [0.5, 0.6) is 0 Å². The smallest absolute Gasteiger partial charge is 0.423 e. The second-order valence-corrected chi connectivity index (χ2v) is 7.03. The lowest BCUT2D eigenvalue weighted by Gasteiger charge is -2.04. The molecule has 4 rings (SSSR count). The van der Waals surface area contributed by atoms with Gasteiger partial charge in [0.1, 0.15) is 0 Å². The third kappa shape index (κ3) is 3.32. The molecule has 0 aliphatic carbocycles. The van der Waals surface area contributed by atoms with E-state index < -0.39 is 7.12 Å². The Balaban J connectivity index is 1.51. The Morgan fingerprint density at radius 2 is 2.08 bits per heavy atom. The van der Waals surface area contributed by atoms with E-state index in [2.05, 4.69) is 10.3 Å². The van der Waals surface area contributed by atoms with Crippen LogP contribution in [0.4, 0.5) is 5.13 Å². The quantitative estimate of drug-likeness (QED) is 0.695. The van der Waals surface area contributed by atoms with E-state index in [4.69, 9.17) is 16.3 Å². The minimum absolute atomic E-state index is 0.249. The largest absolute Gasteiger partial charge is 0.491 e. The molecule has 25 heavy (non-hydrogen) atoms. The lowest BCUT2D eigenvalue weighted by molar-refractivity contribution is 0.102. The van der Waals surface area contributed by atoms with Crippen molar-refractivity contribution in [2.24, 2.45) is 0 Å². The molecule has 0 saturated carbocycles. The van der Waals surface area contributed by atoms with Crippen molar-refractivity contribution in [1.29, 1.82) is 0 Å². The molecule has 0 saturated heterocycles. The van der Waals surface area contributed by atoms with Crippen molar-refractivity contribution in [3.05, 3.63) is 64.8 Å². The van der Waals surface area contributed by atoms with Crippen LogP contribution in [-0.2, 0) is 11.3 Å². The van der Waals surface area contributed by atoms with E-state index >= 15 is 0 Å². The summed E-state index contributed by atoms with van der Waals surface area (Å²) in [4.78, 5) is 17.6.